The van der Waals surface area contributed by atoms with Gasteiger partial charge in [-0.25, -0.2) is 4.98 Å². The summed E-state index contributed by atoms with van der Waals surface area (Å²) in [5, 5.41) is 0.485. The molecule has 11 heavy (non-hydrogen) atoms. The maximum Gasteiger partial charge on any atom is 0.273 e. The summed E-state index contributed by atoms with van der Waals surface area (Å²) in [5.74, 6) is -0.127. The van der Waals surface area contributed by atoms with Gasteiger partial charge in [0.25, 0.3) is 5.19 Å². The molecule has 60 valence electrons. The topological polar surface area (TPSA) is 39.2 Å². The van der Waals surface area contributed by atoms with E-state index in [1.165, 1.54) is 24.6 Å². The number of carbonyl (C=O) groups excluding carboxylic acids is 1. The van der Waals surface area contributed by atoms with Gasteiger partial charge in [0.05, 0.1) is 24.1 Å². The molecule has 0 aliphatic rings. The molecule has 0 aromatic carbocycles. The lowest BCUT2D eigenvalue weighted by Gasteiger charge is -1.87. The Morgan fingerprint density at radius 1 is 1.91 bits per heavy atom. The zero-order valence-corrected chi connectivity index (χ0v) is 7.41. The third-order valence-electron chi connectivity index (χ3n) is 1.06. The van der Waals surface area contributed by atoms with Crippen molar-refractivity contribution >= 4 is 28.7 Å². The van der Waals surface area contributed by atoms with E-state index in [-0.39, 0.29) is 11.7 Å². The van der Waals surface area contributed by atoms with Gasteiger partial charge in [0.2, 0.25) is 0 Å². The number of methoxy groups -OCH3 is 1. The van der Waals surface area contributed by atoms with E-state index in [9.17, 15) is 4.79 Å². The smallest absolute Gasteiger partial charge is 0.273 e. The second-order valence-electron chi connectivity index (χ2n) is 1.75. The SMILES string of the molecule is COc1ncc(C(=O)CCl)s1. The highest BCUT2D eigenvalue weighted by molar-refractivity contribution is 7.15. The fourth-order valence-electron chi connectivity index (χ4n) is 0.547. The first kappa shape index (κ1) is 8.49. The van der Waals surface area contributed by atoms with Crippen LogP contribution in [0.1, 0.15) is 9.67 Å². The Labute approximate surface area is 73.0 Å². The Balaban J connectivity index is 2.80. The van der Waals surface area contributed by atoms with Crippen molar-refractivity contribution in [3.8, 4) is 5.19 Å². The first-order valence-electron chi connectivity index (χ1n) is 2.87. The zero-order valence-electron chi connectivity index (χ0n) is 5.83. The highest BCUT2D eigenvalue weighted by atomic mass is 35.5. The quantitative estimate of drug-likeness (QED) is 0.538. The molecule has 0 amide bonds. The molecule has 0 N–H and O–H groups in total. The highest BCUT2D eigenvalue weighted by Crippen LogP contribution is 2.20. The maximum absolute atomic E-state index is 10.9. The summed E-state index contributed by atoms with van der Waals surface area (Å²) >= 11 is 6.53. The van der Waals surface area contributed by atoms with Crippen molar-refractivity contribution in [3.63, 3.8) is 0 Å². The van der Waals surface area contributed by atoms with Crippen LogP contribution < -0.4 is 4.74 Å². The van der Waals surface area contributed by atoms with Gasteiger partial charge in [-0.15, -0.1) is 11.6 Å². The number of Topliss-reactive ketones (excluding diaryl/α,β-unsaturated/α-hetero) is 1. The number of ether oxygens (including phenoxy) is 1. The maximum atomic E-state index is 10.9. The van der Waals surface area contributed by atoms with Crippen molar-refractivity contribution in [2.45, 2.75) is 0 Å². The van der Waals surface area contributed by atoms with Crippen LogP contribution in [0.15, 0.2) is 6.20 Å². The third kappa shape index (κ3) is 1.91. The van der Waals surface area contributed by atoms with Gasteiger partial charge in [-0.05, 0) is 0 Å². The van der Waals surface area contributed by atoms with Crippen molar-refractivity contribution in [2.24, 2.45) is 0 Å². The molecule has 0 fully saturated rings. The van der Waals surface area contributed by atoms with Gasteiger partial charge >= 0.3 is 0 Å². The molecule has 0 aliphatic carbocycles. The predicted octanol–water partition coefficient (Wildman–Crippen LogP) is 1.57. The molecule has 0 saturated carbocycles. The van der Waals surface area contributed by atoms with Gasteiger partial charge in [-0.1, -0.05) is 11.3 Å². The molecule has 0 saturated heterocycles. The molecule has 0 radical (unpaired) electrons. The second kappa shape index (κ2) is 3.69. The monoisotopic (exact) mass is 191 g/mol. The number of ketones is 1. The van der Waals surface area contributed by atoms with E-state index in [4.69, 9.17) is 16.3 Å². The van der Waals surface area contributed by atoms with Crippen LogP contribution >= 0.6 is 22.9 Å². The summed E-state index contributed by atoms with van der Waals surface area (Å²) in [4.78, 5) is 15.3. The van der Waals surface area contributed by atoms with Crippen molar-refractivity contribution < 1.29 is 9.53 Å². The summed E-state index contributed by atoms with van der Waals surface area (Å²) < 4.78 is 4.80. The molecular weight excluding hydrogens is 186 g/mol. The summed E-state index contributed by atoms with van der Waals surface area (Å²) in [6, 6.07) is 0. The number of nitrogens with zero attached hydrogens (tertiary/aromatic N) is 1. The Hall–Kier alpha value is -0.610. The first-order chi connectivity index (χ1) is 5.27. The first-order valence-corrected chi connectivity index (χ1v) is 4.22. The lowest BCUT2D eigenvalue weighted by atomic mass is 10.4. The number of aromatic nitrogens is 1. The number of carbonyl (C=O) groups is 1. The van der Waals surface area contributed by atoms with Crippen LogP contribution in [0.25, 0.3) is 0 Å². The summed E-state index contributed by atoms with van der Waals surface area (Å²) in [6.07, 6.45) is 1.47. The Morgan fingerprint density at radius 3 is 3.09 bits per heavy atom. The van der Waals surface area contributed by atoms with Crippen molar-refractivity contribution in [3.05, 3.63) is 11.1 Å². The third-order valence-corrected chi connectivity index (χ3v) is 2.30. The molecule has 1 heterocycles. The van der Waals surface area contributed by atoms with E-state index >= 15 is 0 Å². The summed E-state index contributed by atoms with van der Waals surface area (Å²) in [6.45, 7) is 0. The highest BCUT2D eigenvalue weighted by Gasteiger charge is 2.08. The molecule has 0 atom stereocenters. The molecule has 0 unspecified atom stereocenters. The Kier molecular flexibility index (Phi) is 2.84. The molecule has 1 rings (SSSR count). The van der Waals surface area contributed by atoms with Crippen LogP contribution in [0.2, 0.25) is 0 Å². The molecule has 3 nitrogen and oxygen atoms in total. The van der Waals surface area contributed by atoms with Crippen molar-refractivity contribution in [2.75, 3.05) is 13.0 Å². The average molecular weight is 192 g/mol. The Bertz CT molecular complexity index is 261. The number of rotatable bonds is 3. The van der Waals surface area contributed by atoms with E-state index in [0.29, 0.717) is 10.1 Å². The van der Waals surface area contributed by atoms with Crippen LogP contribution in [0.5, 0.6) is 5.19 Å². The van der Waals surface area contributed by atoms with Crippen LogP contribution in [0, 0.1) is 0 Å². The number of hydrogen-bond donors (Lipinski definition) is 0. The standard InChI is InChI=1S/C6H6ClNO2S/c1-10-6-8-3-5(11-6)4(9)2-7/h3H,2H2,1H3. The fourth-order valence-corrected chi connectivity index (χ4v) is 1.44. The van der Waals surface area contributed by atoms with E-state index in [0.717, 1.165) is 0 Å². The number of hydrogen-bond acceptors (Lipinski definition) is 4. The minimum absolute atomic E-state index is 0.00858. The number of thiazole rings is 1. The van der Waals surface area contributed by atoms with Crippen LogP contribution in [-0.2, 0) is 0 Å². The molecule has 0 bridgehead atoms. The van der Waals surface area contributed by atoms with Gasteiger partial charge in [0, 0.05) is 0 Å². The average Bonchev–Trinajstić information content (AvgIpc) is 2.50. The predicted molar refractivity (Wildman–Crippen MR) is 43.7 cm³/mol. The molecule has 0 spiro atoms. The van der Waals surface area contributed by atoms with Gasteiger partial charge in [0.1, 0.15) is 0 Å². The van der Waals surface area contributed by atoms with Gasteiger partial charge in [-0.3, -0.25) is 4.79 Å². The second-order valence-corrected chi connectivity index (χ2v) is 3.01. The minimum Gasteiger partial charge on any atom is -0.473 e. The molecule has 1 aromatic rings. The van der Waals surface area contributed by atoms with Crippen molar-refractivity contribution in [1.82, 2.24) is 4.98 Å². The lowest BCUT2D eigenvalue weighted by Crippen LogP contribution is -1.95. The van der Waals surface area contributed by atoms with Crippen molar-refractivity contribution in [1.29, 1.82) is 0 Å². The lowest BCUT2D eigenvalue weighted by molar-refractivity contribution is 0.102. The van der Waals surface area contributed by atoms with Crippen LogP contribution in [0.4, 0.5) is 0 Å². The molecule has 5 heteroatoms. The van der Waals surface area contributed by atoms with Crippen LogP contribution in [0.3, 0.4) is 0 Å². The van der Waals surface area contributed by atoms with E-state index in [1.54, 1.807) is 0 Å². The minimum atomic E-state index is -0.118. The molecule has 0 aliphatic heterocycles. The van der Waals surface area contributed by atoms with Gasteiger partial charge < -0.3 is 4.74 Å². The zero-order chi connectivity index (χ0) is 8.27. The molecule has 1 aromatic heterocycles. The normalized spacial score (nSPS) is 9.64. The van der Waals surface area contributed by atoms with E-state index in [2.05, 4.69) is 4.98 Å². The number of alkyl halides is 1. The van der Waals surface area contributed by atoms with Gasteiger partial charge in [-0.2, -0.15) is 0 Å². The summed E-state index contributed by atoms with van der Waals surface area (Å²) in [7, 11) is 1.51. The fraction of sp³-hybridized carbons (Fsp3) is 0.333. The van der Waals surface area contributed by atoms with E-state index in [1.807, 2.05) is 0 Å². The molecular formula is C6H6ClNO2S. The Morgan fingerprint density at radius 2 is 2.64 bits per heavy atom. The van der Waals surface area contributed by atoms with Crippen LogP contribution in [-0.4, -0.2) is 23.8 Å². The summed E-state index contributed by atoms with van der Waals surface area (Å²) in [5.41, 5.74) is 0. The van der Waals surface area contributed by atoms with E-state index < -0.39 is 0 Å². The largest absolute Gasteiger partial charge is 0.473 e. The van der Waals surface area contributed by atoms with Gasteiger partial charge in [0.15, 0.2) is 5.78 Å². The number of halogens is 1.